The number of nitrogens with one attached hydrogen (secondary N) is 1. The van der Waals surface area contributed by atoms with Crippen molar-refractivity contribution >= 4 is 17.6 Å². The zero-order valence-corrected chi connectivity index (χ0v) is 11.6. The van der Waals surface area contributed by atoms with Crippen LogP contribution in [0.4, 0.5) is 5.69 Å². The number of carbonyl (C=O) groups is 2. The number of ether oxygens (including phenoxy) is 3. The van der Waals surface area contributed by atoms with Gasteiger partial charge in [-0.15, -0.1) is 0 Å². The van der Waals surface area contributed by atoms with E-state index in [1.54, 1.807) is 24.3 Å². The first-order chi connectivity index (χ1) is 9.60. The molecule has 6 nitrogen and oxygen atoms in total. The van der Waals surface area contributed by atoms with Crippen molar-refractivity contribution in [3.05, 3.63) is 36.0 Å². The molecule has 0 amide bonds. The molecule has 0 fully saturated rings. The molecule has 108 valence electrons. The Morgan fingerprint density at radius 3 is 2.60 bits per heavy atom. The molecule has 0 atom stereocenters. The van der Waals surface area contributed by atoms with Crippen LogP contribution in [-0.2, 0) is 19.1 Å². The summed E-state index contributed by atoms with van der Waals surface area (Å²) in [5, 5.41) is 2.80. The fourth-order valence-electron chi connectivity index (χ4n) is 1.42. The van der Waals surface area contributed by atoms with Gasteiger partial charge in [0, 0.05) is 11.8 Å². The van der Waals surface area contributed by atoms with Crippen LogP contribution in [0.1, 0.15) is 6.92 Å². The Morgan fingerprint density at radius 1 is 1.25 bits per heavy atom. The van der Waals surface area contributed by atoms with E-state index in [-0.39, 0.29) is 5.70 Å². The molecule has 20 heavy (non-hydrogen) atoms. The number of anilines is 1. The highest BCUT2D eigenvalue weighted by molar-refractivity contribution is 5.98. The van der Waals surface area contributed by atoms with Crippen LogP contribution in [0.5, 0.6) is 5.75 Å². The lowest BCUT2D eigenvalue weighted by molar-refractivity contribution is -0.138. The molecule has 0 unspecified atom stereocenters. The van der Waals surface area contributed by atoms with Gasteiger partial charge in [0.2, 0.25) is 0 Å². The van der Waals surface area contributed by atoms with Gasteiger partial charge in [0.1, 0.15) is 11.4 Å². The molecule has 6 heteroatoms. The number of hydrogen-bond donors (Lipinski definition) is 1. The van der Waals surface area contributed by atoms with Crippen molar-refractivity contribution in [3.63, 3.8) is 0 Å². The third-order valence-electron chi connectivity index (χ3n) is 2.29. The maximum absolute atomic E-state index is 11.6. The molecule has 1 rings (SSSR count). The molecule has 0 heterocycles. The van der Waals surface area contributed by atoms with Crippen molar-refractivity contribution in [2.45, 2.75) is 6.92 Å². The number of benzene rings is 1. The van der Waals surface area contributed by atoms with Gasteiger partial charge in [-0.2, -0.15) is 0 Å². The summed E-state index contributed by atoms with van der Waals surface area (Å²) in [6, 6.07) is 6.99. The Bertz CT molecular complexity index is 510. The van der Waals surface area contributed by atoms with E-state index in [0.717, 1.165) is 6.08 Å². The number of hydrogen-bond acceptors (Lipinski definition) is 6. The Morgan fingerprint density at radius 2 is 2.00 bits per heavy atom. The second kappa shape index (κ2) is 7.83. The number of esters is 2. The van der Waals surface area contributed by atoms with Gasteiger partial charge in [0.15, 0.2) is 0 Å². The predicted molar refractivity (Wildman–Crippen MR) is 73.3 cm³/mol. The molecule has 0 aliphatic heterocycles. The zero-order valence-electron chi connectivity index (χ0n) is 11.6. The Hall–Kier alpha value is -2.50. The molecule has 0 aliphatic carbocycles. The molecule has 0 spiro atoms. The van der Waals surface area contributed by atoms with Crippen LogP contribution < -0.4 is 10.1 Å². The number of rotatable bonds is 6. The summed E-state index contributed by atoms with van der Waals surface area (Å²) in [7, 11) is 2.45. The maximum Gasteiger partial charge on any atom is 0.354 e. The van der Waals surface area contributed by atoms with Crippen molar-refractivity contribution in [1.82, 2.24) is 0 Å². The Kier molecular flexibility index (Phi) is 6.09. The SMILES string of the molecule is CCOc1cccc(N/C(=C/C(=O)OC)C(=O)OC)c1. The lowest BCUT2D eigenvalue weighted by Gasteiger charge is -2.10. The summed E-state index contributed by atoms with van der Waals surface area (Å²) in [6.45, 7) is 2.41. The average Bonchev–Trinajstić information content (AvgIpc) is 2.46. The lowest BCUT2D eigenvalue weighted by Crippen LogP contribution is -2.15. The van der Waals surface area contributed by atoms with Crippen LogP contribution in [0.2, 0.25) is 0 Å². The van der Waals surface area contributed by atoms with Gasteiger partial charge in [-0.05, 0) is 19.1 Å². The number of methoxy groups -OCH3 is 2. The Labute approximate surface area is 117 Å². The minimum Gasteiger partial charge on any atom is -0.494 e. The first-order valence-electron chi connectivity index (χ1n) is 5.98. The van der Waals surface area contributed by atoms with Gasteiger partial charge in [-0.25, -0.2) is 9.59 Å². The standard InChI is InChI=1S/C14H17NO5/c1-4-20-11-7-5-6-10(8-11)15-12(14(17)19-3)9-13(16)18-2/h5-9,15H,4H2,1-3H3/b12-9+. The van der Waals surface area contributed by atoms with E-state index >= 15 is 0 Å². The molecule has 0 aliphatic rings. The third-order valence-corrected chi connectivity index (χ3v) is 2.29. The normalized spacial score (nSPS) is 10.7. The topological polar surface area (TPSA) is 73.9 Å². The quantitative estimate of drug-likeness (QED) is 0.631. The van der Waals surface area contributed by atoms with E-state index in [0.29, 0.717) is 18.0 Å². The second-order valence-corrected chi connectivity index (χ2v) is 3.66. The van der Waals surface area contributed by atoms with Crippen LogP contribution >= 0.6 is 0 Å². The summed E-state index contributed by atoms with van der Waals surface area (Å²) >= 11 is 0. The molecular weight excluding hydrogens is 262 g/mol. The van der Waals surface area contributed by atoms with Crippen molar-refractivity contribution in [2.75, 3.05) is 26.1 Å². The van der Waals surface area contributed by atoms with Gasteiger partial charge in [0.25, 0.3) is 0 Å². The van der Waals surface area contributed by atoms with Gasteiger partial charge in [-0.1, -0.05) is 6.07 Å². The maximum atomic E-state index is 11.6. The zero-order chi connectivity index (χ0) is 15.0. The van der Waals surface area contributed by atoms with Crippen LogP contribution in [0.15, 0.2) is 36.0 Å². The smallest absolute Gasteiger partial charge is 0.354 e. The van der Waals surface area contributed by atoms with Crippen LogP contribution in [-0.4, -0.2) is 32.8 Å². The highest BCUT2D eigenvalue weighted by Crippen LogP contribution is 2.19. The molecule has 1 N–H and O–H groups in total. The van der Waals surface area contributed by atoms with E-state index in [9.17, 15) is 9.59 Å². The van der Waals surface area contributed by atoms with E-state index in [2.05, 4.69) is 14.8 Å². The van der Waals surface area contributed by atoms with Crippen LogP contribution in [0, 0.1) is 0 Å². The molecule has 0 aromatic heterocycles. The summed E-state index contributed by atoms with van der Waals surface area (Å²) in [5.41, 5.74) is 0.574. The van der Waals surface area contributed by atoms with Crippen molar-refractivity contribution in [3.8, 4) is 5.75 Å². The monoisotopic (exact) mass is 279 g/mol. The van der Waals surface area contributed by atoms with Crippen molar-refractivity contribution in [1.29, 1.82) is 0 Å². The largest absolute Gasteiger partial charge is 0.494 e. The van der Waals surface area contributed by atoms with Crippen LogP contribution in [0.25, 0.3) is 0 Å². The molecular formula is C14H17NO5. The minimum absolute atomic E-state index is 0.0204. The molecule has 1 aromatic rings. The molecule has 0 saturated heterocycles. The first kappa shape index (κ1) is 15.6. The molecule has 0 bridgehead atoms. The summed E-state index contributed by atoms with van der Waals surface area (Å²) < 4.78 is 14.4. The Balaban J connectivity index is 2.95. The third kappa shape index (κ3) is 4.64. The average molecular weight is 279 g/mol. The summed E-state index contributed by atoms with van der Waals surface area (Å²) in [6.07, 6.45) is 1.03. The van der Waals surface area contributed by atoms with Crippen LogP contribution in [0.3, 0.4) is 0 Å². The molecule has 0 radical (unpaired) electrons. The second-order valence-electron chi connectivity index (χ2n) is 3.66. The summed E-state index contributed by atoms with van der Waals surface area (Å²) in [4.78, 5) is 22.8. The minimum atomic E-state index is -0.669. The highest BCUT2D eigenvalue weighted by Gasteiger charge is 2.12. The fourth-order valence-corrected chi connectivity index (χ4v) is 1.42. The first-order valence-corrected chi connectivity index (χ1v) is 5.98. The molecule has 0 saturated carbocycles. The van der Waals surface area contributed by atoms with E-state index in [4.69, 9.17) is 4.74 Å². The van der Waals surface area contributed by atoms with Gasteiger partial charge in [-0.3, -0.25) is 0 Å². The number of carbonyl (C=O) groups excluding carboxylic acids is 2. The van der Waals surface area contributed by atoms with Gasteiger partial charge in [0.05, 0.1) is 26.9 Å². The molecule has 1 aromatic carbocycles. The van der Waals surface area contributed by atoms with Crippen molar-refractivity contribution in [2.24, 2.45) is 0 Å². The summed E-state index contributed by atoms with van der Waals surface area (Å²) in [5.74, 6) is -0.671. The predicted octanol–water partition coefficient (Wildman–Crippen LogP) is 1.73. The van der Waals surface area contributed by atoms with E-state index in [1.807, 2.05) is 6.92 Å². The van der Waals surface area contributed by atoms with Gasteiger partial charge < -0.3 is 19.5 Å². The van der Waals surface area contributed by atoms with Gasteiger partial charge >= 0.3 is 11.9 Å². The lowest BCUT2D eigenvalue weighted by atomic mass is 10.2. The van der Waals surface area contributed by atoms with E-state index < -0.39 is 11.9 Å². The highest BCUT2D eigenvalue weighted by atomic mass is 16.5. The fraction of sp³-hybridized carbons (Fsp3) is 0.286. The van der Waals surface area contributed by atoms with E-state index in [1.165, 1.54) is 14.2 Å². The van der Waals surface area contributed by atoms with Crippen molar-refractivity contribution < 1.29 is 23.8 Å².